The molecule has 0 rings (SSSR count). The van der Waals surface area contributed by atoms with Gasteiger partial charge in [-0.1, -0.05) is 20.8 Å². The molecule has 0 unspecified atom stereocenters. The van der Waals surface area contributed by atoms with Gasteiger partial charge in [0.1, 0.15) is 12.6 Å². The normalized spacial score (nSPS) is 12.5. The number of nitrogens with zero attached hydrogens (tertiary/aromatic N) is 1. The molecule has 7 nitrogen and oxygen atoms in total. The van der Waals surface area contributed by atoms with Gasteiger partial charge in [0, 0.05) is 13.6 Å². The lowest BCUT2D eigenvalue weighted by Gasteiger charge is -2.30. The number of carboxylic acids is 1. The van der Waals surface area contributed by atoms with Gasteiger partial charge >= 0.3 is 12.0 Å². The minimum Gasteiger partial charge on any atom is -0.480 e. The number of carbonyl (C=O) groups is 3. The molecule has 0 radical (unpaired) electrons. The van der Waals surface area contributed by atoms with Gasteiger partial charge in [0.05, 0.1) is 0 Å². The second-order valence-electron chi connectivity index (χ2n) is 5.27. The van der Waals surface area contributed by atoms with E-state index in [1.54, 1.807) is 27.7 Å². The summed E-state index contributed by atoms with van der Waals surface area (Å²) in [4.78, 5) is 35.6. The van der Waals surface area contributed by atoms with E-state index in [0.717, 1.165) is 0 Å². The number of amides is 3. The molecule has 3 amide bonds. The third kappa shape index (κ3) is 5.58. The molecule has 0 aliphatic heterocycles. The van der Waals surface area contributed by atoms with Crippen molar-refractivity contribution in [2.24, 2.45) is 5.41 Å². The summed E-state index contributed by atoms with van der Waals surface area (Å²) in [6.45, 7) is 7.10. The number of likely N-dealkylation sites (N-methyl/N-ethyl adjacent to an activating group) is 2. The first kappa shape index (κ1) is 17.2. The molecule has 0 aliphatic rings. The molecular weight excluding hydrogens is 250 g/mol. The lowest BCUT2D eigenvalue weighted by molar-refractivity contribution is -0.142. The Morgan fingerprint density at radius 1 is 1.26 bits per heavy atom. The van der Waals surface area contributed by atoms with Crippen molar-refractivity contribution in [3.8, 4) is 0 Å². The van der Waals surface area contributed by atoms with Crippen LogP contribution in [-0.2, 0) is 9.59 Å². The Hall–Kier alpha value is -1.79. The fourth-order valence-corrected chi connectivity index (χ4v) is 1.44. The zero-order chi connectivity index (χ0) is 15.2. The van der Waals surface area contributed by atoms with Crippen LogP contribution in [0.25, 0.3) is 0 Å². The van der Waals surface area contributed by atoms with E-state index >= 15 is 0 Å². The summed E-state index contributed by atoms with van der Waals surface area (Å²) in [6, 6.07) is -1.58. The summed E-state index contributed by atoms with van der Waals surface area (Å²) in [7, 11) is 1.48. The molecule has 0 fully saturated rings. The number of rotatable bonds is 5. The molecule has 1 atom stereocenters. The van der Waals surface area contributed by atoms with Gasteiger partial charge in [-0.2, -0.15) is 0 Å². The van der Waals surface area contributed by atoms with Crippen molar-refractivity contribution in [1.29, 1.82) is 0 Å². The molecule has 0 aromatic carbocycles. The Balaban J connectivity index is 4.79. The first-order chi connectivity index (χ1) is 8.63. The summed E-state index contributed by atoms with van der Waals surface area (Å²) in [5.41, 5.74) is -0.617. The highest BCUT2D eigenvalue weighted by Crippen LogP contribution is 2.19. The topological polar surface area (TPSA) is 98.7 Å². The van der Waals surface area contributed by atoms with E-state index in [1.807, 2.05) is 0 Å². The largest absolute Gasteiger partial charge is 0.480 e. The second kappa shape index (κ2) is 6.96. The number of urea groups is 1. The van der Waals surface area contributed by atoms with Crippen LogP contribution in [0, 0.1) is 5.41 Å². The van der Waals surface area contributed by atoms with E-state index < -0.39 is 23.5 Å². The van der Waals surface area contributed by atoms with Crippen LogP contribution in [-0.4, -0.2) is 54.1 Å². The van der Waals surface area contributed by atoms with Gasteiger partial charge in [0.25, 0.3) is 0 Å². The molecule has 19 heavy (non-hydrogen) atoms. The van der Waals surface area contributed by atoms with E-state index in [1.165, 1.54) is 11.9 Å². The fraction of sp³-hybridized carbons (Fsp3) is 0.750. The highest BCUT2D eigenvalue weighted by Gasteiger charge is 2.33. The summed E-state index contributed by atoms with van der Waals surface area (Å²) in [6.07, 6.45) is 0. The van der Waals surface area contributed by atoms with Gasteiger partial charge in [0.15, 0.2) is 0 Å². The molecule has 0 heterocycles. The number of hydrogen-bond acceptors (Lipinski definition) is 3. The van der Waals surface area contributed by atoms with Crippen LogP contribution in [0.5, 0.6) is 0 Å². The SMILES string of the molecule is CCN(CC(=O)NC)C(=O)N[C@H](C(=O)O)C(C)(C)C. The third-order valence-electron chi connectivity index (χ3n) is 2.66. The highest BCUT2D eigenvalue weighted by molar-refractivity contribution is 5.86. The van der Waals surface area contributed by atoms with Crippen molar-refractivity contribution in [3.05, 3.63) is 0 Å². The Morgan fingerprint density at radius 3 is 2.11 bits per heavy atom. The fourth-order valence-electron chi connectivity index (χ4n) is 1.44. The lowest BCUT2D eigenvalue weighted by atomic mass is 9.87. The molecule has 0 spiro atoms. The minimum atomic E-state index is -1.10. The van der Waals surface area contributed by atoms with Crippen LogP contribution in [0.2, 0.25) is 0 Å². The van der Waals surface area contributed by atoms with Crippen molar-refractivity contribution >= 4 is 17.9 Å². The van der Waals surface area contributed by atoms with Gasteiger partial charge in [-0.25, -0.2) is 9.59 Å². The Morgan fingerprint density at radius 2 is 1.79 bits per heavy atom. The Bertz CT molecular complexity index is 349. The van der Waals surface area contributed by atoms with E-state index in [9.17, 15) is 14.4 Å². The number of carboxylic acid groups (broad SMARTS) is 1. The molecule has 3 N–H and O–H groups in total. The van der Waals surface area contributed by atoms with Crippen LogP contribution >= 0.6 is 0 Å². The average Bonchev–Trinajstić information content (AvgIpc) is 2.30. The maximum Gasteiger partial charge on any atom is 0.326 e. The summed E-state index contributed by atoms with van der Waals surface area (Å²) < 4.78 is 0. The summed E-state index contributed by atoms with van der Waals surface area (Å²) in [5, 5.41) is 14.0. The van der Waals surface area contributed by atoms with Crippen molar-refractivity contribution in [3.63, 3.8) is 0 Å². The quantitative estimate of drug-likeness (QED) is 0.669. The molecular formula is C12H23N3O4. The van der Waals surface area contributed by atoms with Crippen molar-refractivity contribution < 1.29 is 19.5 Å². The second-order valence-corrected chi connectivity index (χ2v) is 5.27. The standard InChI is InChI=1S/C12H23N3O4/c1-6-15(7-8(16)13-5)11(19)14-9(10(17)18)12(2,3)4/h9H,6-7H2,1-5H3,(H,13,16)(H,14,19)(H,17,18)/t9-/m1/s1. The predicted octanol–water partition coefficient (Wildman–Crippen LogP) is 0.263. The maximum atomic E-state index is 12.0. The van der Waals surface area contributed by atoms with Gasteiger partial charge < -0.3 is 20.6 Å². The van der Waals surface area contributed by atoms with E-state index in [4.69, 9.17) is 5.11 Å². The first-order valence-corrected chi connectivity index (χ1v) is 6.12. The molecule has 0 bridgehead atoms. The zero-order valence-corrected chi connectivity index (χ0v) is 12.1. The van der Waals surface area contributed by atoms with Crippen LogP contribution in [0.1, 0.15) is 27.7 Å². The van der Waals surface area contributed by atoms with E-state index in [2.05, 4.69) is 10.6 Å². The number of nitrogens with one attached hydrogen (secondary N) is 2. The molecule has 0 aromatic heterocycles. The van der Waals surface area contributed by atoms with Crippen molar-refractivity contribution in [2.45, 2.75) is 33.7 Å². The molecule has 0 aromatic rings. The lowest BCUT2D eigenvalue weighted by Crippen LogP contribution is -2.54. The third-order valence-corrected chi connectivity index (χ3v) is 2.66. The summed E-state index contributed by atoms with van der Waals surface area (Å²) in [5.74, 6) is -1.41. The van der Waals surface area contributed by atoms with Gasteiger partial charge in [0.2, 0.25) is 5.91 Å². The molecule has 0 aliphatic carbocycles. The number of aliphatic carboxylic acids is 1. The van der Waals surface area contributed by atoms with Gasteiger partial charge in [-0.05, 0) is 12.3 Å². The highest BCUT2D eigenvalue weighted by atomic mass is 16.4. The smallest absolute Gasteiger partial charge is 0.326 e. The van der Waals surface area contributed by atoms with E-state index in [0.29, 0.717) is 6.54 Å². The molecule has 110 valence electrons. The van der Waals surface area contributed by atoms with Crippen LogP contribution < -0.4 is 10.6 Å². The van der Waals surface area contributed by atoms with Gasteiger partial charge in [-0.3, -0.25) is 4.79 Å². The predicted molar refractivity (Wildman–Crippen MR) is 70.7 cm³/mol. The van der Waals surface area contributed by atoms with Gasteiger partial charge in [-0.15, -0.1) is 0 Å². The Kier molecular flexibility index (Phi) is 6.31. The Labute approximate surface area is 113 Å². The zero-order valence-electron chi connectivity index (χ0n) is 12.1. The average molecular weight is 273 g/mol. The maximum absolute atomic E-state index is 12.0. The minimum absolute atomic E-state index is 0.102. The van der Waals surface area contributed by atoms with E-state index in [-0.39, 0.29) is 12.5 Å². The number of hydrogen-bond donors (Lipinski definition) is 3. The van der Waals surface area contributed by atoms with Crippen molar-refractivity contribution in [1.82, 2.24) is 15.5 Å². The monoisotopic (exact) mass is 273 g/mol. The molecule has 0 saturated heterocycles. The summed E-state index contributed by atoms with van der Waals surface area (Å²) >= 11 is 0. The molecule has 0 saturated carbocycles. The molecule has 7 heteroatoms. The number of carbonyl (C=O) groups excluding carboxylic acids is 2. The van der Waals surface area contributed by atoms with Crippen LogP contribution in [0.15, 0.2) is 0 Å². The first-order valence-electron chi connectivity index (χ1n) is 6.12. The van der Waals surface area contributed by atoms with Crippen LogP contribution in [0.3, 0.4) is 0 Å². The van der Waals surface area contributed by atoms with Crippen molar-refractivity contribution in [2.75, 3.05) is 20.1 Å². The van der Waals surface area contributed by atoms with Crippen LogP contribution in [0.4, 0.5) is 4.79 Å².